The summed E-state index contributed by atoms with van der Waals surface area (Å²) < 4.78 is 31.3. The van der Waals surface area contributed by atoms with Gasteiger partial charge < -0.3 is 9.84 Å². The summed E-state index contributed by atoms with van der Waals surface area (Å²) in [5.41, 5.74) is -0.0660. The third kappa shape index (κ3) is 3.54. The van der Waals surface area contributed by atoms with Gasteiger partial charge in [0.1, 0.15) is 6.10 Å². The van der Waals surface area contributed by atoms with E-state index in [2.05, 4.69) is 0 Å². The van der Waals surface area contributed by atoms with Crippen LogP contribution in [-0.4, -0.2) is 18.3 Å². The smallest absolute Gasteiger partial charge is 0.164 e. The van der Waals surface area contributed by atoms with Crippen molar-refractivity contribution in [1.82, 2.24) is 0 Å². The van der Waals surface area contributed by atoms with Crippen molar-refractivity contribution >= 4 is 0 Å². The van der Waals surface area contributed by atoms with E-state index in [4.69, 9.17) is 4.74 Å². The Bertz CT molecular complexity index is 340. The quantitative estimate of drug-likeness (QED) is 0.842. The van der Waals surface area contributed by atoms with Crippen LogP contribution < -0.4 is 0 Å². The highest BCUT2D eigenvalue weighted by atomic mass is 19.2. The first kappa shape index (κ1) is 13.1. The molecule has 0 aliphatic rings. The van der Waals surface area contributed by atoms with Crippen LogP contribution in [0, 0.1) is 17.6 Å². The Morgan fingerprint density at radius 3 is 2.56 bits per heavy atom. The van der Waals surface area contributed by atoms with Gasteiger partial charge in [-0.15, -0.1) is 0 Å². The number of ether oxygens (including phenoxy) is 1. The van der Waals surface area contributed by atoms with E-state index in [-0.39, 0.29) is 12.2 Å². The third-order valence-corrected chi connectivity index (χ3v) is 2.07. The molecule has 1 rings (SSSR count). The van der Waals surface area contributed by atoms with Crippen molar-refractivity contribution in [2.75, 3.05) is 13.2 Å². The van der Waals surface area contributed by atoms with Gasteiger partial charge in [-0.3, -0.25) is 0 Å². The molecule has 0 aromatic heterocycles. The summed E-state index contributed by atoms with van der Waals surface area (Å²) in [4.78, 5) is 0. The Balaban J connectivity index is 2.59. The average molecular weight is 230 g/mol. The average Bonchev–Trinajstić information content (AvgIpc) is 2.21. The molecule has 1 N–H and O–H groups in total. The van der Waals surface area contributed by atoms with E-state index in [0.29, 0.717) is 12.5 Å². The fraction of sp³-hybridized carbons (Fsp3) is 0.500. The molecule has 0 bridgehead atoms. The molecule has 1 unspecified atom stereocenters. The van der Waals surface area contributed by atoms with Crippen LogP contribution in [-0.2, 0) is 4.74 Å². The lowest BCUT2D eigenvalue weighted by molar-refractivity contribution is 0.0231. The van der Waals surface area contributed by atoms with E-state index >= 15 is 0 Å². The van der Waals surface area contributed by atoms with Gasteiger partial charge in [-0.2, -0.15) is 0 Å². The van der Waals surface area contributed by atoms with Crippen LogP contribution in [0.3, 0.4) is 0 Å². The van der Waals surface area contributed by atoms with Crippen LogP contribution in [0.2, 0.25) is 0 Å². The fourth-order valence-electron chi connectivity index (χ4n) is 1.28. The zero-order valence-electron chi connectivity index (χ0n) is 9.41. The molecule has 90 valence electrons. The van der Waals surface area contributed by atoms with Crippen LogP contribution in [0.1, 0.15) is 25.5 Å². The second kappa shape index (κ2) is 5.92. The Kier molecular flexibility index (Phi) is 4.83. The van der Waals surface area contributed by atoms with E-state index in [1.807, 2.05) is 13.8 Å². The molecule has 2 nitrogen and oxygen atoms in total. The molecule has 0 saturated heterocycles. The van der Waals surface area contributed by atoms with E-state index in [1.165, 1.54) is 12.1 Å². The molecule has 0 aliphatic carbocycles. The normalized spacial score (nSPS) is 13.1. The molecular weight excluding hydrogens is 214 g/mol. The van der Waals surface area contributed by atoms with Gasteiger partial charge in [0.2, 0.25) is 0 Å². The summed E-state index contributed by atoms with van der Waals surface area (Å²) in [5, 5.41) is 9.61. The Hall–Kier alpha value is -1.00. The molecule has 0 spiro atoms. The summed E-state index contributed by atoms with van der Waals surface area (Å²) in [7, 11) is 0. The van der Waals surface area contributed by atoms with Crippen LogP contribution in [0.15, 0.2) is 18.2 Å². The highest BCUT2D eigenvalue weighted by molar-refractivity contribution is 5.21. The summed E-state index contributed by atoms with van der Waals surface area (Å²) >= 11 is 0. The van der Waals surface area contributed by atoms with Crippen LogP contribution in [0.4, 0.5) is 8.78 Å². The number of aliphatic hydroxyl groups is 1. The lowest BCUT2D eigenvalue weighted by Gasteiger charge is -2.13. The standard InChI is InChI=1S/C12H16F2O2/c1-8(2)6-16-7-11(15)9-4-3-5-10(13)12(9)14/h3-5,8,11,15H,6-7H2,1-2H3. The van der Waals surface area contributed by atoms with E-state index in [0.717, 1.165) is 6.07 Å². The van der Waals surface area contributed by atoms with Crippen molar-refractivity contribution in [2.45, 2.75) is 20.0 Å². The summed E-state index contributed by atoms with van der Waals surface area (Å²) in [6, 6.07) is 3.72. The van der Waals surface area contributed by atoms with E-state index < -0.39 is 17.7 Å². The minimum absolute atomic E-state index is 0.0292. The molecule has 0 saturated carbocycles. The maximum Gasteiger partial charge on any atom is 0.164 e. The zero-order chi connectivity index (χ0) is 12.1. The fourth-order valence-corrected chi connectivity index (χ4v) is 1.28. The van der Waals surface area contributed by atoms with Gasteiger partial charge in [-0.05, 0) is 12.0 Å². The van der Waals surface area contributed by atoms with Gasteiger partial charge in [-0.25, -0.2) is 8.78 Å². The maximum absolute atomic E-state index is 13.2. The third-order valence-electron chi connectivity index (χ3n) is 2.07. The molecule has 0 heterocycles. The summed E-state index contributed by atoms with van der Waals surface area (Å²) in [5.74, 6) is -1.63. The minimum Gasteiger partial charge on any atom is -0.386 e. The largest absolute Gasteiger partial charge is 0.386 e. The Morgan fingerprint density at radius 2 is 1.94 bits per heavy atom. The number of halogens is 2. The van der Waals surface area contributed by atoms with Gasteiger partial charge in [-0.1, -0.05) is 26.0 Å². The minimum atomic E-state index is -1.13. The van der Waals surface area contributed by atoms with Gasteiger partial charge in [0.15, 0.2) is 11.6 Å². The lowest BCUT2D eigenvalue weighted by Crippen LogP contribution is -2.12. The maximum atomic E-state index is 13.2. The zero-order valence-corrected chi connectivity index (χ0v) is 9.41. The molecule has 0 radical (unpaired) electrons. The SMILES string of the molecule is CC(C)COCC(O)c1cccc(F)c1F. The number of aliphatic hydroxyl groups excluding tert-OH is 1. The van der Waals surface area contributed by atoms with Gasteiger partial charge in [0.25, 0.3) is 0 Å². The van der Waals surface area contributed by atoms with Crippen molar-refractivity contribution in [2.24, 2.45) is 5.92 Å². The van der Waals surface area contributed by atoms with E-state index in [1.54, 1.807) is 0 Å². The molecule has 1 atom stereocenters. The van der Waals surface area contributed by atoms with Gasteiger partial charge in [0, 0.05) is 12.2 Å². The molecule has 1 aromatic carbocycles. The molecule has 0 fully saturated rings. The predicted octanol–water partition coefficient (Wildman–Crippen LogP) is 2.67. The van der Waals surface area contributed by atoms with Gasteiger partial charge in [0.05, 0.1) is 6.61 Å². The molecule has 1 aromatic rings. The molecule has 4 heteroatoms. The summed E-state index contributed by atoms with van der Waals surface area (Å²) in [6.45, 7) is 4.39. The van der Waals surface area contributed by atoms with Crippen LogP contribution >= 0.6 is 0 Å². The van der Waals surface area contributed by atoms with E-state index in [9.17, 15) is 13.9 Å². The van der Waals surface area contributed by atoms with Gasteiger partial charge >= 0.3 is 0 Å². The Labute approximate surface area is 93.9 Å². The van der Waals surface area contributed by atoms with Crippen LogP contribution in [0.25, 0.3) is 0 Å². The number of rotatable bonds is 5. The van der Waals surface area contributed by atoms with Crippen molar-refractivity contribution in [3.05, 3.63) is 35.4 Å². The van der Waals surface area contributed by atoms with Crippen molar-refractivity contribution < 1.29 is 18.6 Å². The lowest BCUT2D eigenvalue weighted by atomic mass is 10.1. The topological polar surface area (TPSA) is 29.5 Å². The molecule has 16 heavy (non-hydrogen) atoms. The van der Waals surface area contributed by atoms with Crippen LogP contribution in [0.5, 0.6) is 0 Å². The summed E-state index contributed by atoms with van der Waals surface area (Å²) in [6.07, 6.45) is -1.13. The first-order chi connectivity index (χ1) is 7.52. The van der Waals surface area contributed by atoms with Crippen molar-refractivity contribution in [1.29, 1.82) is 0 Å². The van der Waals surface area contributed by atoms with Crippen molar-refractivity contribution in [3.8, 4) is 0 Å². The highest BCUT2D eigenvalue weighted by Crippen LogP contribution is 2.19. The second-order valence-corrected chi connectivity index (χ2v) is 4.09. The Morgan fingerprint density at radius 1 is 1.25 bits per heavy atom. The second-order valence-electron chi connectivity index (χ2n) is 4.09. The van der Waals surface area contributed by atoms with Crippen molar-refractivity contribution in [3.63, 3.8) is 0 Å². The number of benzene rings is 1. The first-order valence-electron chi connectivity index (χ1n) is 5.22. The molecular formula is C12H16F2O2. The monoisotopic (exact) mass is 230 g/mol. The number of hydrogen-bond donors (Lipinski definition) is 1. The highest BCUT2D eigenvalue weighted by Gasteiger charge is 2.15. The molecule has 0 aliphatic heterocycles. The first-order valence-corrected chi connectivity index (χ1v) is 5.22. The molecule has 0 amide bonds. The number of hydrogen-bond acceptors (Lipinski definition) is 2. The predicted molar refractivity (Wildman–Crippen MR) is 57.0 cm³/mol.